The van der Waals surface area contributed by atoms with E-state index in [1.54, 1.807) is 29.2 Å². The van der Waals surface area contributed by atoms with Gasteiger partial charge in [0.1, 0.15) is 0 Å². The van der Waals surface area contributed by atoms with Crippen molar-refractivity contribution < 1.29 is 18.0 Å². The normalized spacial score (nSPS) is 14.5. The highest BCUT2D eigenvalue weighted by molar-refractivity contribution is 7.88. The number of anilines is 1. The number of hydrogen-bond donors (Lipinski definition) is 1. The molecular formula is C22H27N3O4S. The van der Waals surface area contributed by atoms with E-state index in [2.05, 4.69) is 5.32 Å². The number of amides is 2. The van der Waals surface area contributed by atoms with Crippen LogP contribution in [0.4, 0.5) is 5.69 Å². The van der Waals surface area contributed by atoms with Gasteiger partial charge in [0.05, 0.1) is 24.1 Å². The number of para-hydroxylation sites is 1. The van der Waals surface area contributed by atoms with Gasteiger partial charge in [-0.2, -0.15) is 4.31 Å². The molecule has 160 valence electrons. The smallest absolute Gasteiger partial charge is 0.255 e. The highest BCUT2D eigenvalue weighted by Crippen LogP contribution is 2.20. The molecule has 1 N–H and O–H groups in total. The predicted octanol–water partition coefficient (Wildman–Crippen LogP) is 2.71. The molecule has 0 aromatic heterocycles. The van der Waals surface area contributed by atoms with Crippen LogP contribution < -0.4 is 5.32 Å². The number of sulfonamides is 1. The summed E-state index contributed by atoms with van der Waals surface area (Å²) in [6.07, 6.45) is 4.15. The van der Waals surface area contributed by atoms with Gasteiger partial charge in [-0.05, 0) is 37.0 Å². The number of nitrogens with one attached hydrogen (secondary N) is 1. The van der Waals surface area contributed by atoms with E-state index in [1.165, 1.54) is 0 Å². The van der Waals surface area contributed by atoms with Gasteiger partial charge < -0.3 is 10.2 Å². The standard InChI is InChI=1S/C22H27N3O4S/c1-30(28,29)25(16-18-10-4-2-5-11-18)17-21(26)23-20-13-7-6-12-19(20)22(27)24-14-8-3-9-15-24/h2,4-7,10-13H,3,8-9,14-17H2,1H3,(H,23,26). The summed E-state index contributed by atoms with van der Waals surface area (Å²) in [5, 5.41) is 2.73. The predicted molar refractivity (Wildman–Crippen MR) is 117 cm³/mol. The Morgan fingerprint density at radius 2 is 1.60 bits per heavy atom. The number of benzene rings is 2. The Hall–Kier alpha value is -2.71. The van der Waals surface area contributed by atoms with E-state index in [4.69, 9.17) is 0 Å². The first-order chi connectivity index (χ1) is 14.3. The van der Waals surface area contributed by atoms with E-state index in [0.29, 0.717) is 24.3 Å². The fourth-order valence-electron chi connectivity index (χ4n) is 3.47. The van der Waals surface area contributed by atoms with Crippen LogP contribution in [-0.4, -0.2) is 55.3 Å². The van der Waals surface area contributed by atoms with Crippen molar-refractivity contribution in [2.45, 2.75) is 25.8 Å². The van der Waals surface area contributed by atoms with Gasteiger partial charge in [0, 0.05) is 19.6 Å². The number of rotatable bonds is 7. The summed E-state index contributed by atoms with van der Waals surface area (Å²) in [5.41, 5.74) is 1.60. The Morgan fingerprint density at radius 1 is 0.967 bits per heavy atom. The molecule has 0 saturated carbocycles. The third-order valence-electron chi connectivity index (χ3n) is 5.07. The van der Waals surface area contributed by atoms with Crippen molar-refractivity contribution in [1.29, 1.82) is 0 Å². The van der Waals surface area contributed by atoms with Crippen LogP contribution in [0.1, 0.15) is 35.2 Å². The van der Waals surface area contributed by atoms with E-state index in [1.807, 2.05) is 30.3 Å². The van der Waals surface area contributed by atoms with E-state index in [0.717, 1.165) is 35.4 Å². The van der Waals surface area contributed by atoms with E-state index < -0.39 is 15.9 Å². The third kappa shape index (κ3) is 5.90. The van der Waals surface area contributed by atoms with Crippen LogP contribution in [0.15, 0.2) is 54.6 Å². The average molecular weight is 430 g/mol. The van der Waals surface area contributed by atoms with E-state index in [-0.39, 0.29) is 19.0 Å². The van der Waals surface area contributed by atoms with Crippen molar-refractivity contribution in [3.05, 3.63) is 65.7 Å². The summed E-state index contributed by atoms with van der Waals surface area (Å²) in [6.45, 7) is 1.18. The first kappa shape index (κ1) is 22.0. The maximum atomic E-state index is 12.9. The second-order valence-corrected chi connectivity index (χ2v) is 9.45. The lowest BCUT2D eigenvalue weighted by Gasteiger charge is -2.27. The number of likely N-dealkylation sites (tertiary alicyclic amines) is 1. The van der Waals surface area contributed by atoms with Gasteiger partial charge >= 0.3 is 0 Å². The molecule has 0 atom stereocenters. The van der Waals surface area contributed by atoms with Gasteiger partial charge in [0.2, 0.25) is 15.9 Å². The molecule has 30 heavy (non-hydrogen) atoms. The molecule has 0 aliphatic carbocycles. The summed E-state index contributed by atoms with van der Waals surface area (Å²) < 4.78 is 25.5. The number of carbonyl (C=O) groups is 2. The molecule has 2 amide bonds. The van der Waals surface area contributed by atoms with Gasteiger partial charge in [-0.25, -0.2) is 8.42 Å². The van der Waals surface area contributed by atoms with Crippen LogP contribution in [0.2, 0.25) is 0 Å². The number of piperidine rings is 1. The van der Waals surface area contributed by atoms with Gasteiger partial charge in [0.15, 0.2) is 0 Å². The first-order valence-corrected chi connectivity index (χ1v) is 11.9. The molecule has 2 aromatic carbocycles. The fraction of sp³-hybridized carbons (Fsp3) is 0.364. The molecule has 3 rings (SSSR count). The molecule has 0 unspecified atom stereocenters. The lowest BCUT2D eigenvalue weighted by atomic mass is 10.1. The van der Waals surface area contributed by atoms with Gasteiger partial charge in [-0.15, -0.1) is 0 Å². The maximum Gasteiger partial charge on any atom is 0.255 e. The molecular weight excluding hydrogens is 402 g/mol. The lowest BCUT2D eigenvalue weighted by Crippen LogP contribution is -2.38. The molecule has 0 spiro atoms. The second-order valence-electron chi connectivity index (χ2n) is 7.46. The van der Waals surface area contributed by atoms with Crippen molar-refractivity contribution in [3.8, 4) is 0 Å². The lowest BCUT2D eigenvalue weighted by molar-refractivity contribution is -0.116. The molecule has 1 aliphatic heterocycles. The van der Waals surface area contributed by atoms with Crippen LogP contribution in [0, 0.1) is 0 Å². The second kappa shape index (κ2) is 9.86. The Bertz CT molecular complexity index is 986. The quantitative estimate of drug-likeness (QED) is 0.733. The molecule has 7 nitrogen and oxygen atoms in total. The van der Waals surface area contributed by atoms with Crippen LogP contribution in [0.3, 0.4) is 0 Å². The molecule has 1 heterocycles. The monoisotopic (exact) mass is 429 g/mol. The van der Waals surface area contributed by atoms with Crippen molar-refractivity contribution in [3.63, 3.8) is 0 Å². The van der Waals surface area contributed by atoms with Crippen molar-refractivity contribution >= 4 is 27.5 Å². The Kier molecular flexibility index (Phi) is 7.23. The average Bonchev–Trinajstić information content (AvgIpc) is 2.74. The summed E-state index contributed by atoms with van der Waals surface area (Å²) in [7, 11) is -3.60. The largest absolute Gasteiger partial charge is 0.339 e. The molecule has 1 saturated heterocycles. The zero-order chi connectivity index (χ0) is 21.6. The van der Waals surface area contributed by atoms with Crippen LogP contribution in [-0.2, 0) is 21.4 Å². The van der Waals surface area contributed by atoms with Crippen LogP contribution in [0.5, 0.6) is 0 Å². The van der Waals surface area contributed by atoms with Gasteiger partial charge in [-0.3, -0.25) is 9.59 Å². The summed E-state index contributed by atoms with van der Waals surface area (Å²) >= 11 is 0. The first-order valence-electron chi connectivity index (χ1n) is 10.0. The highest BCUT2D eigenvalue weighted by Gasteiger charge is 2.24. The molecule has 0 bridgehead atoms. The van der Waals surface area contributed by atoms with E-state index in [9.17, 15) is 18.0 Å². The number of nitrogens with zero attached hydrogens (tertiary/aromatic N) is 2. The topological polar surface area (TPSA) is 86.8 Å². The van der Waals surface area contributed by atoms with Gasteiger partial charge in [-0.1, -0.05) is 42.5 Å². The third-order valence-corrected chi connectivity index (χ3v) is 6.26. The highest BCUT2D eigenvalue weighted by atomic mass is 32.2. The molecule has 1 aliphatic rings. The minimum Gasteiger partial charge on any atom is -0.339 e. The minimum absolute atomic E-state index is 0.0987. The molecule has 1 fully saturated rings. The van der Waals surface area contributed by atoms with Crippen molar-refractivity contribution in [2.24, 2.45) is 0 Å². The van der Waals surface area contributed by atoms with Gasteiger partial charge in [0.25, 0.3) is 5.91 Å². The van der Waals surface area contributed by atoms with E-state index >= 15 is 0 Å². The zero-order valence-electron chi connectivity index (χ0n) is 17.1. The Balaban J connectivity index is 1.72. The Labute approximate surface area is 177 Å². The maximum absolute atomic E-state index is 12.9. The van der Waals surface area contributed by atoms with Crippen molar-refractivity contribution in [1.82, 2.24) is 9.21 Å². The summed E-state index contributed by atoms with van der Waals surface area (Å²) in [5.74, 6) is -0.606. The van der Waals surface area contributed by atoms with Crippen LogP contribution in [0.25, 0.3) is 0 Å². The minimum atomic E-state index is -3.60. The molecule has 8 heteroatoms. The fourth-order valence-corrected chi connectivity index (χ4v) is 4.21. The number of carbonyl (C=O) groups excluding carboxylic acids is 2. The SMILES string of the molecule is CS(=O)(=O)N(CC(=O)Nc1ccccc1C(=O)N1CCCCC1)Cc1ccccc1. The number of hydrogen-bond acceptors (Lipinski definition) is 4. The summed E-state index contributed by atoms with van der Waals surface area (Å²) in [4.78, 5) is 27.4. The van der Waals surface area contributed by atoms with Crippen LogP contribution >= 0.6 is 0 Å². The summed E-state index contributed by atoms with van der Waals surface area (Å²) in [6, 6.07) is 15.9. The Morgan fingerprint density at radius 3 is 2.27 bits per heavy atom. The molecule has 2 aromatic rings. The zero-order valence-corrected chi connectivity index (χ0v) is 17.9. The van der Waals surface area contributed by atoms with Crippen molar-refractivity contribution in [2.75, 3.05) is 31.2 Å². The molecule has 0 radical (unpaired) electrons.